The predicted octanol–water partition coefficient (Wildman–Crippen LogP) is 1.04. The van der Waals surface area contributed by atoms with Crippen LogP contribution in [0.3, 0.4) is 0 Å². The minimum atomic E-state index is -1.21. The van der Waals surface area contributed by atoms with Crippen molar-refractivity contribution in [3.63, 3.8) is 0 Å². The molecular weight excluding hydrogens is 396 g/mol. The highest BCUT2D eigenvalue weighted by molar-refractivity contribution is 6.04. The second-order valence-corrected chi connectivity index (χ2v) is 7.54. The highest BCUT2D eigenvalue weighted by atomic mass is 19.1. The van der Waals surface area contributed by atoms with Crippen LogP contribution in [0.2, 0.25) is 0 Å². The van der Waals surface area contributed by atoms with Crippen LogP contribution in [0.5, 0.6) is 0 Å². The molecule has 3 aromatic rings. The van der Waals surface area contributed by atoms with Gasteiger partial charge < -0.3 is 20.5 Å². The van der Waals surface area contributed by atoms with Gasteiger partial charge in [-0.05, 0) is 18.6 Å². The molecule has 0 saturated carbocycles. The first kappa shape index (κ1) is 18.5. The molecule has 0 radical (unpaired) electrons. The summed E-state index contributed by atoms with van der Waals surface area (Å²) in [5.41, 5.74) is 6.13. The molecule has 2 aliphatic rings. The van der Waals surface area contributed by atoms with E-state index < -0.39 is 23.9 Å². The zero-order valence-corrected chi connectivity index (χ0v) is 15.9. The average molecular weight is 415 g/mol. The Hall–Kier alpha value is -3.50. The number of amides is 1. The number of carbonyl (C=O) groups excluding carboxylic acids is 1. The van der Waals surface area contributed by atoms with E-state index in [4.69, 9.17) is 5.73 Å². The number of pyridine rings is 1. The number of carbonyl (C=O) groups is 1. The van der Waals surface area contributed by atoms with E-state index in [-0.39, 0.29) is 54.2 Å². The molecule has 3 aromatic heterocycles. The second-order valence-electron chi connectivity index (χ2n) is 7.54. The summed E-state index contributed by atoms with van der Waals surface area (Å²) in [5.74, 6) is -0.627. The first-order chi connectivity index (χ1) is 14.4. The topological polar surface area (TPSA) is 111 Å². The van der Waals surface area contributed by atoms with Crippen molar-refractivity contribution in [3.8, 4) is 0 Å². The normalized spacial score (nSPS) is 21.5. The first-order valence-corrected chi connectivity index (χ1v) is 9.66. The second kappa shape index (κ2) is 6.78. The van der Waals surface area contributed by atoms with Crippen LogP contribution in [-0.2, 0) is 6.54 Å². The molecule has 5 heterocycles. The zero-order valence-electron chi connectivity index (χ0n) is 15.9. The Balaban J connectivity index is 1.73. The number of nitrogens with one attached hydrogen (secondary N) is 1. The van der Waals surface area contributed by atoms with Gasteiger partial charge in [0.15, 0.2) is 11.5 Å². The van der Waals surface area contributed by atoms with Gasteiger partial charge in [0.1, 0.15) is 23.4 Å². The van der Waals surface area contributed by atoms with E-state index in [1.54, 1.807) is 17.2 Å². The number of rotatable bonds is 0. The van der Waals surface area contributed by atoms with E-state index in [1.165, 1.54) is 15.1 Å². The molecule has 156 valence electrons. The monoisotopic (exact) mass is 415 g/mol. The van der Waals surface area contributed by atoms with Crippen molar-refractivity contribution < 1.29 is 13.6 Å². The van der Waals surface area contributed by atoms with Gasteiger partial charge in [0.2, 0.25) is 0 Å². The molecule has 1 fully saturated rings. The molecular formula is C19H19F2N7O2. The van der Waals surface area contributed by atoms with Crippen LogP contribution < -0.4 is 21.5 Å². The molecule has 1 amide bonds. The average Bonchev–Trinajstić information content (AvgIpc) is 3.25. The Kier molecular flexibility index (Phi) is 4.19. The third-order valence-electron chi connectivity index (χ3n) is 5.57. The van der Waals surface area contributed by atoms with E-state index in [1.807, 2.05) is 0 Å². The molecule has 0 unspecified atom stereocenters. The van der Waals surface area contributed by atoms with Crippen molar-refractivity contribution >= 4 is 23.2 Å². The van der Waals surface area contributed by atoms with Gasteiger partial charge >= 0.3 is 0 Å². The van der Waals surface area contributed by atoms with Crippen molar-refractivity contribution in [3.05, 3.63) is 51.8 Å². The molecule has 30 heavy (non-hydrogen) atoms. The number of alkyl halides is 1. The number of aromatic nitrogens is 4. The number of anilines is 2. The van der Waals surface area contributed by atoms with Gasteiger partial charge in [0, 0.05) is 37.5 Å². The predicted molar refractivity (Wildman–Crippen MR) is 105 cm³/mol. The fourth-order valence-electron chi connectivity index (χ4n) is 4.21. The first-order valence-electron chi connectivity index (χ1n) is 9.66. The number of hydrogen-bond acceptors (Lipinski definition) is 6. The zero-order chi connectivity index (χ0) is 21.0. The maximum Gasteiger partial charge on any atom is 0.258 e. The summed E-state index contributed by atoms with van der Waals surface area (Å²) in [6.07, 6.45) is 1.93. The highest BCUT2D eigenvalue weighted by Gasteiger charge is 2.36. The van der Waals surface area contributed by atoms with Crippen LogP contribution in [0.1, 0.15) is 34.8 Å². The third kappa shape index (κ3) is 2.88. The molecule has 0 aromatic carbocycles. The summed E-state index contributed by atoms with van der Waals surface area (Å²) < 4.78 is 31.4. The Morgan fingerprint density at radius 1 is 1.30 bits per heavy atom. The number of nitrogen functional groups attached to an aromatic ring is 1. The fraction of sp³-hybridized carbons (Fsp3) is 0.368. The van der Waals surface area contributed by atoms with Gasteiger partial charge in [-0.25, -0.2) is 18.3 Å². The van der Waals surface area contributed by atoms with Crippen molar-refractivity contribution in [2.45, 2.75) is 31.6 Å². The number of hydrogen-bond donors (Lipinski definition) is 2. The Labute approximate surface area is 169 Å². The molecule has 1 saturated heterocycles. The summed E-state index contributed by atoms with van der Waals surface area (Å²) in [7, 11) is 0. The van der Waals surface area contributed by atoms with Crippen LogP contribution >= 0.6 is 0 Å². The van der Waals surface area contributed by atoms with E-state index in [0.717, 1.165) is 6.20 Å². The quantitative estimate of drug-likeness (QED) is 0.568. The smallest absolute Gasteiger partial charge is 0.258 e. The Morgan fingerprint density at radius 3 is 2.97 bits per heavy atom. The molecule has 0 aliphatic carbocycles. The summed E-state index contributed by atoms with van der Waals surface area (Å²) in [5, 5.41) is 6.85. The molecule has 4 bridgehead atoms. The van der Waals surface area contributed by atoms with Crippen molar-refractivity contribution in [1.82, 2.24) is 24.5 Å². The number of aryl methyl sites for hydroxylation is 1. The molecule has 2 aliphatic heterocycles. The van der Waals surface area contributed by atoms with Gasteiger partial charge in [-0.1, -0.05) is 0 Å². The minimum Gasteiger partial charge on any atom is -0.381 e. The minimum absolute atomic E-state index is 0.00502. The Morgan fingerprint density at radius 2 is 2.13 bits per heavy atom. The molecule has 9 nitrogen and oxygen atoms in total. The van der Waals surface area contributed by atoms with E-state index in [9.17, 15) is 18.4 Å². The fourth-order valence-corrected chi connectivity index (χ4v) is 4.21. The van der Waals surface area contributed by atoms with Gasteiger partial charge in [0.25, 0.3) is 11.5 Å². The third-order valence-corrected chi connectivity index (χ3v) is 5.57. The summed E-state index contributed by atoms with van der Waals surface area (Å²) in [6, 6.07) is 2.10. The Bertz CT molecular complexity index is 1220. The highest BCUT2D eigenvalue weighted by Crippen LogP contribution is 2.36. The van der Waals surface area contributed by atoms with Crippen molar-refractivity contribution in [1.29, 1.82) is 0 Å². The van der Waals surface area contributed by atoms with E-state index in [0.29, 0.717) is 12.2 Å². The summed E-state index contributed by atoms with van der Waals surface area (Å²) >= 11 is 0. The van der Waals surface area contributed by atoms with Gasteiger partial charge in [0.05, 0.1) is 12.6 Å². The van der Waals surface area contributed by atoms with Crippen LogP contribution in [0.15, 0.2) is 29.3 Å². The molecule has 2 atom stereocenters. The molecule has 5 rings (SSSR count). The van der Waals surface area contributed by atoms with Crippen LogP contribution in [0.4, 0.5) is 20.4 Å². The maximum atomic E-state index is 14.4. The van der Waals surface area contributed by atoms with Crippen LogP contribution in [-0.4, -0.2) is 44.3 Å². The lowest BCUT2D eigenvalue weighted by molar-refractivity contribution is 0.0955. The number of nitrogens with two attached hydrogens (primary N) is 1. The number of halogens is 2. The standard InChI is InChI=1S/C19H19F2N7O2/c20-10-6-12-13-7-11(21)9-27(13)14-2-5-28-17(24-14)15(16(22)25-28)18(29)23-3-1-4-26(8-10)19(12)30/h2,5-6,8,11,13H,1,3-4,7,9H2,(H2,22,25)(H,23,29)/t11-,13-/m1/s1. The maximum absolute atomic E-state index is 14.4. The van der Waals surface area contributed by atoms with E-state index >= 15 is 0 Å². The molecule has 3 N–H and O–H groups in total. The number of nitrogens with zero attached hydrogens (tertiary/aromatic N) is 5. The summed E-state index contributed by atoms with van der Waals surface area (Å²) in [6.45, 7) is 0.447. The van der Waals surface area contributed by atoms with Crippen molar-refractivity contribution in [2.24, 2.45) is 0 Å². The lowest BCUT2D eigenvalue weighted by Crippen LogP contribution is -2.33. The van der Waals surface area contributed by atoms with Crippen LogP contribution in [0.25, 0.3) is 5.65 Å². The lowest BCUT2D eigenvalue weighted by atomic mass is 10.1. The van der Waals surface area contributed by atoms with Gasteiger partial charge in [-0.15, -0.1) is 5.10 Å². The SMILES string of the molecule is Nc1nn2ccc3nc2c1C(=O)NCCCn1cc(F)cc(c1=O)[C@H]1C[C@@H](F)CN31. The van der Waals surface area contributed by atoms with Gasteiger partial charge in [-0.3, -0.25) is 9.59 Å². The summed E-state index contributed by atoms with van der Waals surface area (Å²) in [4.78, 5) is 31.8. The van der Waals surface area contributed by atoms with E-state index in [2.05, 4.69) is 15.4 Å². The number of fused-ring (bicyclic) bond motifs is 6. The molecule has 0 spiro atoms. The van der Waals surface area contributed by atoms with Crippen LogP contribution in [0, 0.1) is 5.82 Å². The lowest BCUT2D eigenvalue weighted by Gasteiger charge is -2.26. The van der Waals surface area contributed by atoms with Gasteiger partial charge in [-0.2, -0.15) is 0 Å². The molecule has 11 heteroatoms. The largest absolute Gasteiger partial charge is 0.381 e. The van der Waals surface area contributed by atoms with Crippen molar-refractivity contribution in [2.75, 3.05) is 23.7 Å².